The van der Waals surface area contributed by atoms with Gasteiger partial charge in [-0.2, -0.15) is 19.3 Å². The van der Waals surface area contributed by atoms with Gasteiger partial charge in [-0.1, -0.05) is 43.4 Å². The molecule has 8 rings (SSSR count). The molecule has 8 aliphatic rings. The summed E-state index contributed by atoms with van der Waals surface area (Å²) in [7, 11) is 2.87. The molecule has 0 radical (unpaired) electrons. The van der Waals surface area contributed by atoms with Crippen molar-refractivity contribution in [1.82, 2.24) is 0 Å². The van der Waals surface area contributed by atoms with Gasteiger partial charge < -0.3 is 5.92 Å². The minimum atomic E-state index is 0. The van der Waals surface area contributed by atoms with Gasteiger partial charge in [0, 0.05) is 20.4 Å². The first kappa shape index (κ1) is 20.4. The predicted octanol–water partition coefficient (Wildman–Crippen LogP) is 6.89. The fourth-order valence-electron chi connectivity index (χ4n) is 8.71. The molecule has 8 aliphatic carbocycles. The van der Waals surface area contributed by atoms with Crippen molar-refractivity contribution in [2.75, 3.05) is 6.16 Å². The van der Waals surface area contributed by atoms with Crippen LogP contribution in [0.25, 0.3) is 0 Å². The Bertz CT molecular complexity index is 377. The average molecular weight is 466 g/mol. The summed E-state index contributed by atoms with van der Waals surface area (Å²) in [6.45, 7) is 0. The summed E-state index contributed by atoms with van der Waals surface area (Å²) in [5.74, 6) is 11.1. The van der Waals surface area contributed by atoms with Gasteiger partial charge in [0.1, 0.15) is 0 Å². The third-order valence-electron chi connectivity index (χ3n) is 9.15. The Morgan fingerprint density at radius 3 is 1.50 bits per heavy atom. The van der Waals surface area contributed by atoms with Crippen LogP contribution in [0.5, 0.6) is 0 Å². The summed E-state index contributed by atoms with van der Waals surface area (Å²) in [6.07, 6.45) is 23.2. The molecule has 2 heteroatoms. The van der Waals surface area contributed by atoms with Crippen molar-refractivity contribution < 1.29 is 20.4 Å². The minimum absolute atomic E-state index is 0. The second-order valence-corrected chi connectivity index (χ2v) is 11.6. The van der Waals surface area contributed by atoms with Crippen molar-refractivity contribution in [3.8, 4) is 0 Å². The smallest absolute Gasteiger partial charge is 0 e. The van der Waals surface area contributed by atoms with Gasteiger partial charge in [0.05, 0.1) is 0 Å². The van der Waals surface area contributed by atoms with Gasteiger partial charge in [0.2, 0.25) is 0 Å². The van der Waals surface area contributed by atoms with E-state index in [4.69, 9.17) is 0 Å². The third kappa shape index (κ3) is 4.32. The maximum Gasteiger partial charge on any atom is 0 e. The van der Waals surface area contributed by atoms with Crippen LogP contribution in [0.2, 0.25) is 0 Å². The number of hydrogen-bond donors (Lipinski definition) is 0. The van der Waals surface area contributed by atoms with Gasteiger partial charge in [-0.15, -0.1) is 9.24 Å². The number of rotatable bonds is 4. The Morgan fingerprint density at radius 1 is 0.615 bits per heavy atom. The van der Waals surface area contributed by atoms with Crippen molar-refractivity contribution in [3.05, 3.63) is 5.92 Å². The van der Waals surface area contributed by atoms with Gasteiger partial charge in [-0.3, -0.25) is 0 Å². The van der Waals surface area contributed by atoms with Crippen molar-refractivity contribution in [2.24, 2.45) is 47.3 Å². The van der Waals surface area contributed by atoms with Gasteiger partial charge >= 0.3 is 0 Å². The summed E-state index contributed by atoms with van der Waals surface area (Å²) in [6, 6.07) is 0. The second-order valence-electron chi connectivity index (χ2n) is 11.0. The third-order valence-corrected chi connectivity index (χ3v) is 9.55. The van der Waals surface area contributed by atoms with Crippen LogP contribution in [0, 0.1) is 53.3 Å². The van der Waals surface area contributed by atoms with E-state index in [1.54, 1.807) is 57.8 Å². The van der Waals surface area contributed by atoms with Gasteiger partial charge in [-0.25, -0.2) is 0 Å². The SMILES string of the molecule is C1[C-]2CC3CC1CC(C2)C3.PCCCCC1C2CC3CC(C2)CC1C3.[Pd]. The van der Waals surface area contributed by atoms with Crippen molar-refractivity contribution >= 4 is 9.24 Å². The molecule has 26 heavy (non-hydrogen) atoms. The predicted molar refractivity (Wildman–Crippen MR) is 110 cm³/mol. The standard InChI is InChI=1S/C14H25P.C10H15.Pd/c15-4-2-1-3-14-12-6-10-5-11(8-12)9-13(14)7-10;1-7-2-9-4-8(1)5-10(3-7)6-9;/h10-14H,1-9,15H2;7-9H,1-6H2;/q;-1;. The Morgan fingerprint density at radius 2 is 1.08 bits per heavy atom. The molecule has 1 unspecified atom stereocenters. The van der Waals surface area contributed by atoms with E-state index >= 15 is 0 Å². The molecule has 8 fully saturated rings. The molecule has 0 saturated heterocycles. The van der Waals surface area contributed by atoms with E-state index in [9.17, 15) is 0 Å². The summed E-state index contributed by atoms with van der Waals surface area (Å²) in [5, 5.41) is 0. The molecule has 0 heterocycles. The van der Waals surface area contributed by atoms with E-state index in [1.165, 1.54) is 38.3 Å². The Labute approximate surface area is 178 Å². The largest absolute Gasteiger partial charge is 0.313 e. The molecule has 0 amide bonds. The summed E-state index contributed by atoms with van der Waals surface area (Å²) < 4.78 is 0. The van der Waals surface area contributed by atoms with Crippen molar-refractivity contribution in [3.63, 3.8) is 0 Å². The minimum Gasteiger partial charge on any atom is -0.313 e. The van der Waals surface area contributed by atoms with Crippen molar-refractivity contribution in [2.45, 2.75) is 89.9 Å². The quantitative estimate of drug-likeness (QED) is 0.183. The molecule has 0 aromatic heterocycles. The van der Waals surface area contributed by atoms with Crippen LogP contribution in [0.4, 0.5) is 0 Å². The van der Waals surface area contributed by atoms with Crippen LogP contribution >= 0.6 is 9.24 Å². The van der Waals surface area contributed by atoms with Crippen LogP contribution < -0.4 is 0 Å². The molecular formula is C24H40PPd-. The van der Waals surface area contributed by atoms with Gasteiger partial charge in [0.15, 0.2) is 0 Å². The van der Waals surface area contributed by atoms with Crippen LogP contribution in [0.1, 0.15) is 89.9 Å². The van der Waals surface area contributed by atoms with Gasteiger partial charge in [-0.05, 0) is 80.7 Å². The number of unbranched alkanes of at least 4 members (excludes halogenated alkanes) is 1. The first-order valence-corrected chi connectivity index (χ1v) is 12.6. The molecule has 8 saturated carbocycles. The molecule has 0 aromatic carbocycles. The molecule has 152 valence electrons. The average Bonchev–Trinajstić information content (AvgIpc) is 2.56. The maximum absolute atomic E-state index is 2.87. The first-order valence-electron chi connectivity index (χ1n) is 11.8. The van der Waals surface area contributed by atoms with Crippen LogP contribution in [-0.2, 0) is 20.4 Å². The molecule has 0 nitrogen and oxygen atoms in total. The normalized spacial score (nSPS) is 47.4. The molecule has 1 atom stereocenters. The number of hydrogen-bond acceptors (Lipinski definition) is 0. The second kappa shape index (κ2) is 8.85. The first-order chi connectivity index (χ1) is 12.3. The monoisotopic (exact) mass is 465 g/mol. The summed E-state index contributed by atoms with van der Waals surface area (Å²) in [4.78, 5) is 0. The zero-order valence-electron chi connectivity index (χ0n) is 16.6. The fourth-order valence-corrected chi connectivity index (χ4v) is 9.00. The van der Waals surface area contributed by atoms with E-state index in [0.29, 0.717) is 0 Å². The van der Waals surface area contributed by atoms with E-state index in [2.05, 4.69) is 9.24 Å². The fraction of sp³-hybridized carbons (Fsp3) is 0.958. The van der Waals surface area contributed by atoms with Crippen LogP contribution in [-0.4, -0.2) is 6.16 Å². The molecule has 0 N–H and O–H groups in total. The van der Waals surface area contributed by atoms with Crippen LogP contribution in [0.3, 0.4) is 0 Å². The Balaban J connectivity index is 0.000000133. The van der Waals surface area contributed by atoms with E-state index in [0.717, 1.165) is 47.3 Å². The summed E-state index contributed by atoms with van der Waals surface area (Å²) >= 11 is 0. The zero-order valence-corrected chi connectivity index (χ0v) is 19.3. The van der Waals surface area contributed by atoms with E-state index in [-0.39, 0.29) is 20.4 Å². The Hall–Kier alpha value is 1.09. The van der Waals surface area contributed by atoms with Crippen molar-refractivity contribution in [1.29, 1.82) is 0 Å². The molecule has 8 bridgehead atoms. The van der Waals surface area contributed by atoms with E-state index in [1.807, 2.05) is 5.92 Å². The summed E-state index contributed by atoms with van der Waals surface area (Å²) in [5.41, 5.74) is 0. The Kier molecular flexibility index (Phi) is 6.93. The van der Waals surface area contributed by atoms with Gasteiger partial charge in [0.25, 0.3) is 0 Å². The van der Waals surface area contributed by atoms with E-state index < -0.39 is 0 Å². The molecule has 0 spiro atoms. The topological polar surface area (TPSA) is 0 Å². The maximum atomic E-state index is 2.87. The zero-order chi connectivity index (χ0) is 16.8. The molecule has 0 aliphatic heterocycles. The van der Waals surface area contributed by atoms with Crippen LogP contribution in [0.15, 0.2) is 0 Å². The molecule has 0 aromatic rings. The molecular weight excluding hydrogens is 426 g/mol.